The summed E-state index contributed by atoms with van der Waals surface area (Å²) < 4.78 is 31.8. The zero-order chi connectivity index (χ0) is 12.3. The molecule has 1 aliphatic rings. The van der Waals surface area contributed by atoms with Gasteiger partial charge in [-0.2, -0.15) is 8.42 Å². The number of hydroxylamine groups is 1. The molecule has 16 heavy (non-hydrogen) atoms. The van der Waals surface area contributed by atoms with E-state index in [-0.39, 0.29) is 5.92 Å². The summed E-state index contributed by atoms with van der Waals surface area (Å²) in [6.45, 7) is 4.33. The quantitative estimate of drug-likeness (QED) is 0.444. The fraction of sp³-hybridized carbons (Fsp3) is 0.800. The Bertz CT molecular complexity index is 374. The van der Waals surface area contributed by atoms with Crippen molar-refractivity contribution in [3.05, 3.63) is 11.1 Å². The van der Waals surface area contributed by atoms with E-state index in [1.54, 1.807) is 0 Å². The second-order valence-corrected chi connectivity index (χ2v) is 5.97. The third-order valence-electron chi connectivity index (χ3n) is 3.20. The Kier molecular flexibility index (Phi) is 4.49. The van der Waals surface area contributed by atoms with Crippen LogP contribution in [-0.2, 0) is 15.0 Å². The summed E-state index contributed by atoms with van der Waals surface area (Å²) in [6, 6.07) is 0. The first-order chi connectivity index (χ1) is 7.36. The van der Waals surface area contributed by atoms with Crippen molar-refractivity contribution >= 4 is 10.1 Å². The van der Waals surface area contributed by atoms with Gasteiger partial charge in [-0.25, -0.2) is 5.48 Å². The van der Waals surface area contributed by atoms with Crippen molar-refractivity contribution in [2.24, 2.45) is 5.92 Å². The molecule has 0 saturated heterocycles. The van der Waals surface area contributed by atoms with E-state index in [1.807, 2.05) is 13.8 Å². The van der Waals surface area contributed by atoms with Crippen LogP contribution in [0.2, 0.25) is 0 Å². The zero-order valence-electron chi connectivity index (χ0n) is 9.86. The molecule has 2 atom stereocenters. The van der Waals surface area contributed by atoms with Crippen molar-refractivity contribution in [3.8, 4) is 0 Å². The lowest BCUT2D eigenvalue weighted by molar-refractivity contribution is 0.0780. The fourth-order valence-electron chi connectivity index (χ4n) is 2.08. The van der Waals surface area contributed by atoms with Gasteiger partial charge in [0.05, 0.1) is 12.4 Å². The number of rotatable bonds is 4. The van der Waals surface area contributed by atoms with Gasteiger partial charge in [0, 0.05) is 6.54 Å². The highest BCUT2D eigenvalue weighted by atomic mass is 32.2. The van der Waals surface area contributed by atoms with E-state index in [9.17, 15) is 13.0 Å². The minimum atomic E-state index is -3.99. The summed E-state index contributed by atoms with van der Waals surface area (Å²) in [5.41, 5.74) is 4.91. The predicted octanol–water partition coefficient (Wildman–Crippen LogP) is 1.14. The fourth-order valence-corrected chi connectivity index (χ4v) is 3.22. The van der Waals surface area contributed by atoms with E-state index >= 15 is 0 Å². The van der Waals surface area contributed by atoms with Crippen molar-refractivity contribution in [2.45, 2.75) is 31.9 Å². The first-order valence-electron chi connectivity index (χ1n) is 5.23. The minimum absolute atomic E-state index is 0.140. The van der Waals surface area contributed by atoms with E-state index in [2.05, 4.69) is 5.48 Å². The smallest absolute Gasteiger partial charge is 0.268 e. The van der Waals surface area contributed by atoms with Gasteiger partial charge in [0.15, 0.2) is 0 Å². The Balaban J connectivity index is 2.87. The molecular weight excluding hydrogens is 230 g/mol. The third-order valence-corrected chi connectivity index (χ3v) is 4.52. The van der Waals surface area contributed by atoms with E-state index in [0.717, 1.165) is 5.57 Å². The van der Waals surface area contributed by atoms with Gasteiger partial charge in [0.25, 0.3) is 10.1 Å². The molecule has 0 heterocycles. The lowest BCUT2D eigenvalue weighted by Crippen LogP contribution is -2.38. The molecule has 0 saturated carbocycles. The van der Waals surface area contributed by atoms with Gasteiger partial charge >= 0.3 is 0 Å². The summed E-state index contributed by atoms with van der Waals surface area (Å²) in [5, 5.41) is -0.723. The molecule has 1 rings (SSSR count). The topological polar surface area (TPSA) is 75.6 Å². The number of hydrogen-bond acceptors (Lipinski definition) is 4. The Hall–Kier alpha value is -0.430. The number of allylic oxidation sites excluding steroid dienone is 2. The predicted molar refractivity (Wildman–Crippen MR) is 61.4 cm³/mol. The monoisotopic (exact) mass is 249 g/mol. The Morgan fingerprint density at radius 1 is 1.38 bits per heavy atom. The van der Waals surface area contributed by atoms with Gasteiger partial charge in [0.2, 0.25) is 0 Å². The molecule has 0 aromatic heterocycles. The second-order valence-electron chi connectivity index (χ2n) is 4.33. The molecule has 0 aromatic carbocycles. The minimum Gasteiger partial charge on any atom is -0.305 e. The summed E-state index contributed by atoms with van der Waals surface area (Å²) in [4.78, 5) is 4.73. The normalized spacial score (nSPS) is 27.2. The highest BCUT2D eigenvalue weighted by Crippen LogP contribution is 2.32. The van der Waals surface area contributed by atoms with Crippen molar-refractivity contribution in [3.63, 3.8) is 0 Å². The van der Waals surface area contributed by atoms with Crippen LogP contribution in [0.15, 0.2) is 11.1 Å². The van der Waals surface area contributed by atoms with E-state index in [0.29, 0.717) is 19.4 Å². The van der Waals surface area contributed by atoms with Gasteiger partial charge in [-0.05, 0) is 32.6 Å². The molecule has 1 aliphatic carbocycles. The van der Waals surface area contributed by atoms with Gasteiger partial charge in [-0.1, -0.05) is 11.1 Å². The van der Waals surface area contributed by atoms with E-state index in [4.69, 9.17) is 4.84 Å². The summed E-state index contributed by atoms with van der Waals surface area (Å²) >= 11 is 0. The highest BCUT2D eigenvalue weighted by molar-refractivity contribution is 7.86. The molecule has 0 bridgehead atoms. The van der Waals surface area contributed by atoms with Crippen LogP contribution in [-0.4, -0.2) is 31.9 Å². The lowest BCUT2D eigenvalue weighted by Gasteiger charge is -2.30. The Labute approximate surface area is 96.6 Å². The number of nitrogens with one attached hydrogen (secondary N) is 1. The van der Waals surface area contributed by atoms with Crippen molar-refractivity contribution in [2.75, 3.05) is 13.7 Å². The van der Waals surface area contributed by atoms with Gasteiger partial charge in [-0.3, -0.25) is 4.55 Å². The average Bonchev–Trinajstić information content (AvgIpc) is 2.17. The van der Waals surface area contributed by atoms with Crippen LogP contribution in [0.5, 0.6) is 0 Å². The molecule has 0 spiro atoms. The van der Waals surface area contributed by atoms with Crippen molar-refractivity contribution in [1.29, 1.82) is 0 Å². The first kappa shape index (κ1) is 13.6. The van der Waals surface area contributed by atoms with Crippen LogP contribution in [0.4, 0.5) is 0 Å². The third kappa shape index (κ3) is 3.28. The molecule has 0 amide bonds. The lowest BCUT2D eigenvalue weighted by atomic mass is 9.85. The molecule has 0 aliphatic heterocycles. The molecule has 2 unspecified atom stereocenters. The van der Waals surface area contributed by atoms with E-state index < -0.39 is 15.4 Å². The maximum Gasteiger partial charge on any atom is 0.268 e. The SMILES string of the molecule is CONCC1CC(C)=C(C)CC1S(=O)(=O)O. The first-order valence-corrected chi connectivity index (χ1v) is 6.74. The van der Waals surface area contributed by atoms with Crippen LogP contribution in [0.3, 0.4) is 0 Å². The molecule has 0 fully saturated rings. The summed E-state index contributed by atoms with van der Waals surface area (Å²) in [6.07, 6.45) is 1.08. The maximum atomic E-state index is 11.3. The van der Waals surface area contributed by atoms with Crippen LogP contribution in [0.1, 0.15) is 26.7 Å². The molecule has 2 N–H and O–H groups in total. The molecule has 0 radical (unpaired) electrons. The second kappa shape index (κ2) is 5.27. The Morgan fingerprint density at radius 2 is 1.94 bits per heavy atom. The van der Waals surface area contributed by atoms with Crippen LogP contribution in [0.25, 0.3) is 0 Å². The largest absolute Gasteiger partial charge is 0.305 e. The average molecular weight is 249 g/mol. The Morgan fingerprint density at radius 3 is 2.44 bits per heavy atom. The van der Waals surface area contributed by atoms with Gasteiger partial charge in [0.1, 0.15) is 0 Å². The molecular formula is C10H19NO4S. The van der Waals surface area contributed by atoms with Gasteiger partial charge < -0.3 is 4.84 Å². The summed E-state index contributed by atoms with van der Waals surface area (Å²) in [7, 11) is -2.51. The van der Waals surface area contributed by atoms with Crippen LogP contribution >= 0.6 is 0 Å². The molecule has 0 aromatic rings. The number of hydrogen-bond donors (Lipinski definition) is 2. The highest BCUT2D eigenvalue weighted by Gasteiger charge is 2.35. The van der Waals surface area contributed by atoms with Gasteiger partial charge in [-0.15, -0.1) is 0 Å². The summed E-state index contributed by atoms with van der Waals surface area (Å²) in [5.74, 6) is -0.140. The van der Waals surface area contributed by atoms with Crippen molar-refractivity contribution < 1.29 is 17.8 Å². The standard InChI is InChI=1S/C10H19NO4S/c1-7-4-9(6-11-15-3)10(5-8(7)2)16(12,13)14/h9-11H,4-6H2,1-3H3,(H,12,13,14). The molecule has 94 valence electrons. The molecule has 6 heteroatoms. The van der Waals surface area contributed by atoms with E-state index in [1.165, 1.54) is 12.7 Å². The molecule has 5 nitrogen and oxygen atoms in total. The zero-order valence-corrected chi connectivity index (χ0v) is 10.7. The van der Waals surface area contributed by atoms with Crippen LogP contribution < -0.4 is 5.48 Å². The maximum absolute atomic E-state index is 11.3. The van der Waals surface area contributed by atoms with Crippen molar-refractivity contribution in [1.82, 2.24) is 5.48 Å². The van der Waals surface area contributed by atoms with Crippen LogP contribution in [0, 0.1) is 5.92 Å².